The van der Waals surface area contributed by atoms with Crippen molar-refractivity contribution >= 4 is 11.8 Å². The molecule has 0 atom stereocenters. The molecule has 3 heteroatoms. The molecule has 0 unspecified atom stereocenters. The van der Waals surface area contributed by atoms with E-state index < -0.39 is 0 Å². The molecule has 0 bridgehead atoms. The fourth-order valence-corrected chi connectivity index (χ4v) is 1.50. The van der Waals surface area contributed by atoms with Gasteiger partial charge in [-0.15, -0.1) is 11.8 Å². The van der Waals surface area contributed by atoms with Crippen LogP contribution in [0.15, 0.2) is 11.6 Å². The van der Waals surface area contributed by atoms with E-state index in [1.807, 2.05) is 11.8 Å². The van der Waals surface area contributed by atoms with Gasteiger partial charge >= 0.3 is 0 Å². The van der Waals surface area contributed by atoms with Crippen molar-refractivity contribution in [3.8, 4) is 0 Å². The quantitative estimate of drug-likeness (QED) is 0.635. The lowest BCUT2D eigenvalue weighted by Crippen LogP contribution is -2.17. The zero-order valence-corrected chi connectivity index (χ0v) is 6.23. The molecule has 2 N–H and O–H groups in total. The summed E-state index contributed by atoms with van der Waals surface area (Å²) in [6, 6.07) is 0. The van der Waals surface area contributed by atoms with Crippen molar-refractivity contribution in [3.63, 3.8) is 0 Å². The lowest BCUT2D eigenvalue weighted by molar-refractivity contribution is 0.439. The van der Waals surface area contributed by atoms with Gasteiger partial charge in [-0.25, -0.2) is 0 Å². The Bertz CT molecular complexity index is 103. The smallest absolute Gasteiger partial charge is 0.0675 e. The summed E-state index contributed by atoms with van der Waals surface area (Å²) in [4.78, 5) is 2.28. The number of rotatable bonds is 3. The fourth-order valence-electron chi connectivity index (χ4n) is 0.744. The van der Waals surface area contributed by atoms with Crippen LogP contribution < -0.4 is 5.73 Å². The lowest BCUT2D eigenvalue weighted by atomic mass is 10.4. The van der Waals surface area contributed by atoms with Crippen LogP contribution in [-0.4, -0.2) is 23.9 Å². The first-order chi connectivity index (χ1) is 4.43. The summed E-state index contributed by atoms with van der Waals surface area (Å²) in [7, 11) is 0. The largest absolute Gasteiger partial charge is 0.367 e. The second-order valence-electron chi connectivity index (χ2n) is 2.04. The summed E-state index contributed by atoms with van der Waals surface area (Å²) in [6.45, 7) is 1.91. The molecule has 0 aromatic heterocycles. The van der Waals surface area contributed by atoms with Crippen LogP contribution in [0.5, 0.6) is 0 Å². The molecule has 0 saturated heterocycles. The molecule has 0 aromatic rings. The minimum absolute atomic E-state index is 0.801. The van der Waals surface area contributed by atoms with E-state index >= 15 is 0 Å². The van der Waals surface area contributed by atoms with Crippen LogP contribution in [0.2, 0.25) is 0 Å². The predicted molar refractivity (Wildman–Crippen MR) is 42.0 cm³/mol. The fraction of sp³-hybridized carbons (Fsp3) is 0.667. The summed E-state index contributed by atoms with van der Waals surface area (Å²) in [5.74, 6) is 1.11. The van der Waals surface area contributed by atoms with Crippen molar-refractivity contribution in [3.05, 3.63) is 11.6 Å². The van der Waals surface area contributed by atoms with Crippen molar-refractivity contribution in [2.45, 2.75) is 6.42 Å². The molecular weight excluding hydrogens is 132 g/mol. The van der Waals surface area contributed by atoms with E-state index in [9.17, 15) is 0 Å². The standard InChI is InChI=1S/C6H12N2S/c7-2-1-3-8-4-5-9-6-8/h4-5H,1-3,6-7H2. The van der Waals surface area contributed by atoms with Crippen molar-refractivity contribution in [1.29, 1.82) is 0 Å². The summed E-state index contributed by atoms with van der Waals surface area (Å²) in [6.07, 6.45) is 3.23. The summed E-state index contributed by atoms with van der Waals surface area (Å²) >= 11 is 1.84. The molecule has 52 valence electrons. The van der Waals surface area contributed by atoms with Gasteiger partial charge < -0.3 is 10.6 Å². The van der Waals surface area contributed by atoms with E-state index in [2.05, 4.69) is 16.5 Å². The summed E-state index contributed by atoms with van der Waals surface area (Å²) in [5.41, 5.74) is 5.35. The Morgan fingerprint density at radius 2 is 2.56 bits per heavy atom. The van der Waals surface area contributed by atoms with E-state index in [4.69, 9.17) is 5.73 Å². The molecule has 9 heavy (non-hydrogen) atoms. The van der Waals surface area contributed by atoms with E-state index in [0.717, 1.165) is 25.4 Å². The molecule has 0 radical (unpaired) electrons. The SMILES string of the molecule is NCCCN1C=CSC1. The highest BCUT2D eigenvalue weighted by atomic mass is 32.2. The molecule has 2 nitrogen and oxygen atoms in total. The second-order valence-corrected chi connectivity index (χ2v) is 2.90. The molecule has 0 aliphatic carbocycles. The monoisotopic (exact) mass is 144 g/mol. The molecule has 1 rings (SSSR count). The first-order valence-electron chi connectivity index (χ1n) is 3.16. The van der Waals surface area contributed by atoms with Crippen LogP contribution in [0.3, 0.4) is 0 Å². The number of hydrogen-bond acceptors (Lipinski definition) is 3. The van der Waals surface area contributed by atoms with Crippen molar-refractivity contribution < 1.29 is 0 Å². The lowest BCUT2D eigenvalue weighted by Gasteiger charge is -2.12. The molecule has 0 aromatic carbocycles. The molecule has 0 amide bonds. The topological polar surface area (TPSA) is 29.3 Å². The average molecular weight is 144 g/mol. The highest BCUT2D eigenvalue weighted by molar-refractivity contribution is 8.02. The molecule has 1 aliphatic heterocycles. The van der Waals surface area contributed by atoms with E-state index in [-0.39, 0.29) is 0 Å². The number of nitrogens with two attached hydrogens (primary N) is 1. The minimum atomic E-state index is 0.801. The zero-order valence-electron chi connectivity index (χ0n) is 5.42. The minimum Gasteiger partial charge on any atom is -0.367 e. The summed E-state index contributed by atoms with van der Waals surface area (Å²) in [5, 5.41) is 2.12. The third-order valence-corrected chi connectivity index (χ3v) is 2.05. The highest BCUT2D eigenvalue weighted by Crippen LogP contribution is 2.14. The van der Waals surface area contributed by atoms with Gasteiger partial charge in [-0.05, 0) is 18.4 Å². The Morgan fingerprint density at radius 3 is 3.11 bits per heavy atom. The molecule has 1 heterocycles. The van der Waals surface area contributed by atoms with Crippen LogP contribution in [0, 0.1) is 0 Å². The Morgan fingerprint density at radius 1 is 1.67 bits per heavy atom. The first-order valence-corrected chi connectivity index (χ1v) is 4.21. The van der Waals surface area contributed by atoms with Crippen LogP contribution in [0.25, 0.3) is 0 Å². The maximum atomic E-state index is 5.35. The van der Waals surface area contributed by atoms with Gasteiger partial charge in [0.05, 0.1) is 5.88 Å². The van der Waals surface area contributed by atoms with E-state index in [1.54, 1.807) is 0 Å². The Kier molecular flexibility index (Phi) is 2.94. The maximum absolute atomic E-state index is 5.35. The third kappa shape index (κ3) is 2.28. The van der Waals surface area contributed by atoms with Crippen molar-refractivity contribution in [2.75, 3.05) is 19.0 Å². The van der Waals surface area contributed by atoms with E-state index in [0.29, 0.717) is 0 Å². The van der Waals surface area contributed by atoms with Gasteiger partial charge in [-0.3, -0.25) is 0 Å². The van der Waals surface area contributed by atoms with Crippen LogP contribution in [0.4, 0.5) is 0 Å². The average Bonchev–Trinajstić information content (AvgIpc) is 2.34. The number of nitrogens with zero attached hydrogens (tertiary/aromatic N) is 1. The van der Waals surface area contributed by atoms with Gasteiger partial charge in [0, 0.05) is 12.7 Å². The molecule has 0 saturated carbocycles. The van der Waals surface area contributed by atoms with Crippen LogP contribution >= 0.6 is 11.8 Å². The third-order valence-electron chi connectivity index (χ3n) is 1.26. The van der Waals surface area contributed by atoms with Gasteiger partial charge in [0.2, 0.25) is 0 Å². The van der Waals surface area contributed by atoms with Crippen molar-refractivity contribution in [1.82, 2.24) is 4.90 Å². The molecule has 1 aliphatic rings. The van der Waals surface area contributed by atoms with Crippen LogP contribution in [-0.2, 0) is 0 Å². The zero-order chi connectivity index (χ0) is 6.53. The number of thioether (sulfide) groups is 1. The normalized spacial score (nSPS) is 17.2. The van der Waals surface area contributed by atoms with Crippen molar-refractivity contribution in [2.24, 2.45) is 5.73 Å². The Balaban J connectivity index is 2.05. The highest BCUT2D eigenvalue weighted by Gasteiger charge is 2.01. The van der Waals surface area contributed by atoms with Gasteiger partial charge in [0.15, 0.2) is 0 Å². The van der Waals surface area contributed by atoms with Crippen LogP contribution in [0.1, 0.15) is 6.42 Å². The van der Waals surface area contributed by atoms with E-state index in [1.165, 1.54) is 0 Å². The summed E-state index contributed by atoms with van der Waals surface area (Å²) < 4.78 is 0. The Hall–Kier alpha value is -0.150. The van der Waals surface area contributed by atoms with Gasteiger partial charge in [0.1, 0.15) is 0 Å². The first kappa shape index (κ1) is 6.96. The van der Waals surface area contributed by atoms with Gasteiger partial charge in [0.25, 0.3) is 0 Å². The van der Waals surface area contributed by atoms with Gasteiger partial charge in [-0.2, -0.15) is 0 Å². The maximum Gasteiger partial charge on any atom is 0.0675 e. The molecule has 0 spiro atoms. The number of hydrogen-bond donors (Lipinski definition) is 1. The second kappa shape index (κ2) is 3.80. The molecular formula is C6H12N2S. The Labute approximate surface area is 60.1 Å². The molecule has 0 fully saturated rings. The van der Waals surface area contributed by atoms with Gasteiger partial charge in [-0.1, -0.05) is 0 Å². The predicted octanol–water partition coefficient (Wildman–Crippen LogP) is 0.813.